The summed E-state index contributed by atoms with van der Waals surface area (Å²) in [4.78, 5) is 11.4. The monoisotopic (exact) mass is 232 g/mol. The molecule has 17 heavy (non-hydrogen) atoms. The lowest BCUT2D eigenvalue weighted by molar-refractivity contribution is -0.0270. The van der Waals surface area contributed by atoms with Crippen LogP contribution in [-0.4, -0.2) is 11.4 Å². The van der Waals surface area contributed by atoms with Crippen molar-refractivity contribution in [1.82, 2.24) is 0 Å². The van der Waals surface area contributed by atoms with E-state index in [1.165, 1.54) is 0 Å². The van der Waals surface area contributed by atoms with Crippen LogP contribution >= 0.6 is 0 Å². The molecule has 0 spiro atoms. The molecule has 0 amide bonds. The molecule has 0 unspecified atom stereocenters. The fraction of sp³-hybridized carbons (Fsp3) is 0.533. The van der Waals surface area contributed by atoms with Gasteiger partial charge >= 0.3 is 0 Å². The van der Waals surface area contributed by atoms with E-state index in [2.05, 4.69) is 27.7 Å². The van der Waals surface area contributed by atoms with Crippen LogP contribution in [0.4, 0.5) is 0 Å². The lowest BCUT2D eigenvalue weighted by Crippen LogP contribution is -2.48. The Morgan fingerprint density at radius 3 is 2.47 bits per heavy atom. The summed E-state index contributed by atoms with van der Waals surface area (Å²) in [5.74, 6) is 1.02. The van der Waals surface area contributed by atoms with Crippen LogP contribution in [0.2, 0.25) is 0 Å². The number of Topliss-reactive ketones (excluding diaryl/α,β-unsaturated/α-hetero) is 1. The average molecular weight is 232 g/mol. The van der Waals surface area contributed by atoms with Crippen molar-refractivity contribution in [3.8, 4) is 5.75 Å². The van der Waals surface area contributed by atoms with Gasteiger partial charge in [-0.2, -0.15) is 0 Å². The first-order valence-electron chi connectivity index (χ1n) is 6.06. The van der Waals surface area contributed by atoms with Crippen molar-refractivity contribution in [2.24, 2.45) is 5.41 Å². The molecule has 0 radical (unpaired) electrons. The van der Waals surface area contributed by atoms with Crippen molar-refractivity contribution >= 4 is 5.78 Å². The standard InChI is InChI=1S/C15H20O2/c1-10(16)11-6-7-13-12(8-11)9-14(2,3)15(4,5)17-13/h6-8H,9H2,1-5H3. The minimum absolute atomic E-state index is 0.0649. The Morgan fingerprint density at radius 2 is 1.88 bits per heavy atom. The van der Waals surface area contributed by atoms with Gasteiger partial charge in [-0.15, -0.1) is 0 Å². The van der Waals surface area contributed by atoms with Gasteiger partial charge in [0.05, 0.1) is 0 Å². The summed E-state index contributed by atoms with van der Waals surface area (Å²) in [5.41, 5.74) is 1.79. The number of ether oxygens (including phenoxy) is 1. The summed E-state index contributed by atoms with van der Waals surface area (Å²) in [6, 6.07) is 5.73. The van der Waals surface area contributed by atoms with Crippen molar-refractivity contribution < 1.29 is 9.53 Å². The third-order valence-corrected chi connectivity index (χ3v) is 4.09. The van der Waals surface area contributed by atoms with E-state index in [-0.39, 0.29) is 16.8 Å². The molecule has 0 fully saturated rings. The molecule has 0 aliphatic carbocycles. The summed E-state index contributed by atoms with van der Waals surface area (Å²) < 4.78 is 6.06. The van der Waals surface area contributed by atoms with Crippen molar-refractivity contribution in [2.45, 2.75) is 46.6 Å². The Morgan fingerprint density at radius 1 is 1.24 bits per heavy atom. The SMILES string of the molecule is CC(=O)c1ccc2c(c1)CC(C)(C)C(C)(C)O2. The molecule has 0 bridgehead atoms. The number of carbonyl (C=O) groups excluding carboxylic acids is 1. The molecular weight excluding hydrogens is 212 g/mol. The molecule has 0 atom stereocenters. The zero-order valence-corrected chi connectivity index (χ0v) is 11.3. The number of carbonyl (C=O) groups is 1. The largest absolute Gasteiger partial charge is 0.487 e. The minimum Gasteiger partial charge on any atom is -0.487 e. The summed E-state index contributed by atoms with van der Waals surface area (Å²) >= 11 is 0. The molecule has 0 saturated heterocycles. The van der Waals surface area contributed by atoms with Gasteiger partial charge in [0, 0.05) is 11.0 Å². The highest BCUT2D eigenvalue weighted by atomic mass is 16.5. The second kappa shape index (κ2) is 3.59. The number of benzene rings is 1. The van der Waals surface area contributed by atoms with Crippen LogP contribution < -0.4 is 4.74 Å². The molecule has 1 aromatic carbocycles. The van der Waals surface area contributed by atoms with Crippen molar-refractivity contribution in [2.75, 3.05) is 0 Å². The minimum atomic E-state index is -0.183. The Kier molecular flexibility index (Phi) is 2.57. The zero-order chi connectivity index (χ0) is 12.8. The van der Waals surface area contributed by atoms with Crippen molar-refractivity contribution in [1.29, 1.82) is 0 Å². The molecule has 1 heterocycles. The van der Waals surface area contributed by atoms with Gasteiger partial charge < -0.3 is 4.74 Å². The molecule has 0 aromatic heterocycles. The Hall–Kier alpha value is -1.31. The van der Waals surface area contributed by atoms with E-state index in [1.54, 1.807) is 6.92 Å². The number of fused-ring (bicyclic) bond motifs is 1. The molecule has 1 aliphatic heterocycles. The summed E-state index contributed by atoms with van der Waals surface area (Å²) in [7, 11) is 0. The molecule has 0 N–H and O–H groups in total. The maximum absolute atomic E-state index is 11.4. The molecule has 1 aromatic rings. The maximum Gasteiger partial charge on any atom is 0.159 e. The number of hydrogen-bond donors (Lipinski definition) is 0. The Labute approximate surface area is 103 Å². The van der Waals surface area contributed by atoms with E-state index in [0.29, 0.717) is 0 Å². The van der Waals surface area contributed by atoms with Crippen LogP contribution in [0.1, 0.15) is 50.5 Å². The Balaban J connectivity index is 2.47. The van der Waals surface area contributed by atoms with Crippen LogP contribution in [0.5, 0.6) is 5.75 Å². The van der Waals surface area contributed by atoms with Gasteiger partial charge in [-0.05, 0) is 51.0 Å². The van der Waals surface area contributed by atoms with Gasteiger partial charge in [0.25, 0.3) is 0 Å². The summed E-state index contributed by atoms with van der Waals surface area (Å²) in [6.45, 7) is 10.2. The van der Waals surface area contributed by atoms with Crippen LogP contribution in [0, 0.1) is 5.41 Å². The smallest absolute Gasteiger partial charge is 0.159 e. The fourth-order valence-electron chi connectivity index (χ4n) is 2.14. The average Bonchev–Trinajstić information content (AvgIpc) is 2.17. The fourth-order valence-corrected chi connectivity index (χ4v) is 2.14. The molecule has 0 saturated carbocycles. The third-order valence-electron chi connectivity index (χ3n) is 4.09. The number of ketones is 1. The highest BCUT2D eigenvalue weighted by Gasteiger charge is 2.43. The maximum atomic E-state index is 11.4. The normalized spacial score (nSPS) is 20.3. The molecule has 1 aliphatic rings. The van der Waals surface area contributed by atoms with Crippen molar-refractivity contribution in [3.63, 3.8) is 0 Å². The van der Waals surface area contributed by atoms with Gasteiger partial charge in [0.1, 0.15) is 11.4 Å². The molecule has 2 heteroatoms. The van der Waals surface area contributed by atoms with Gasteiger partial charge in [-0.1, -0.05) is 13.8 Å². The molecule has 2 rings (SSSR count). The zero-order valence-electron chi connectivity index (χ0n) is 11.3. The second-order valence-corrected chi connectivity index (χ2v) is 6.05. The van der Waals surface area contributed by atoms with Crippen LogP contribution in [0.25, 0.3) is 0 Å². The van der Waals surface area contributed by atoms with E-state index >= 15 is 0 Å². The van der Waals surface area contributed by atoms with E-state index in [4.69, 9.17) is 4.74 Å². The lowest BCUT2D eigenvalue weighted by Gasteiger charge is -2.46. The first-order chi connectivity index (χ1) is 7.73. The highest BCUT2D eigenvalue weighted by molar-refractivity contribution is 5.94. The van der Waals surface area contributed by atoms with Crippen LogP contribution in [0.15, 0.2) is 18.2 Å². The predicted octanol–water partition coefficient (Wildman–Crippen LogP) is 3.63. The summed E-state index contributed by atoms with van der Waals surface area (Å²) in [6.07, 6.45) is 0.941. The molecular formula is C15H20O2. The predicted molar refractivity (Wildman–Crippen MR) is 68.6 cm³/mol. The summed E-state index contributed by atoms with van der Waals surface area (Å²) in [5, 5.41) is 0. The van der Waals surface area contributed by atoms with E-state index in [9.17, 15) is 4.79 Å². The van der Waals surface area contributed by atoms with Gasteiger partial charge in [-0.25, -0.2) is 0 Å². The van der Waals surface area contributed by atoms with Crippen LogP contribution in [0.3, 0.4) is 0 Å². The molecule has 2 nitrogen and oxygen atoms in total. The van der Waals surface area contributed by atoms with E-state index in [1.807, 2.05) is 18.2 Å². The highest BCUT2D eigenvalue weighted by Crippen LogP contribution is 2.44. The first kappa shape index (κ1) is 12.2. The van der Waals surface area contributed by atoms with E-state index in [0.717, 1.165) is 23.3 Å². The molecule has 92 valence electrons. The Bertz CT molecular complexity index is 470. The third kappa shape index (κ3) is 1.97. The topological polar surface area (TPSA) is 26.3 Å². The second-order valence-electron chi connectivity index (χ2n) is 6.05. The number of rotatable bonds is 1. The first-order valence-corrected chi connectivity index (χ1v) is 6.06. The van der Waals surface area contributed by atoms with Gasteiger partial charge in [-0.3, -0.25) is 4.79 Å². The van der Waals surface area contributed by atoms with Crippen LogP contribution in [-0.2, 0) is 6.42 Å². The van der Waals surface area contributed by atoms with Crippen molar-refractivity contribution in [3.05, 3.63) is 29.3 Å². The van der Waals surface area contributed by atoms with E-state index < -0.39 is 0 Å². The van der Waals surface area contributed by atoms with Gasteiger partial charge in [0.15, 0.2) is 5.78 Å². The number of hydrogen-bond acceptors (Lipinski definition) is 2. The lowest BCUT2D eigenvalue weighted by atomic mass is 9.71. The van der Waals surface area contributed by atoms with Gasteiger partial charge in [0.2, 0.25) is 0 Å². The quantitative estimate of drug-likeness (QED) is 0.691.